The van der Waals surface area contributed by atoms with E-state index in [1.807, 2.05) is 49.7 Å². The molecule has 0 saturated carbocycles. The molecule has 1 aromatic carbocycles. The lowest BCUT2D eigenvalue weighted by atomic mass is 9.93. The topological polar surface area (TPSA) is 63.3 Å². The van der Waals surface area contributed by atoms with Crippen molar-refractivity contribution in [1.82, 2.24) is 10.3 Å². The van der Waals surface area contributed by atoms with Crippen molar-refractivity contribution >= 4 is 29.6 Å². The Morgan fingerprint density at radius 3 is 2.83 bits per heavy atom. The lowest BCUT2D eigenvalue weighted by molar-refractivity contribution is 0.731. The average molecular weight is 463 g/mol. The molecule has 0 bridgehead atoms. The van der Waals surface area contributed by atoms with Crippen molar-refractivity contribution < 1.29 is 0 Å². The zero-order chi connectivity index (χ0) is 24.6. The van der Waals surface area contributed by atoms with E-state index < -0.39 is 0 Å². The Kier molecular flexibility index (Phi) is 7.94. The summed E-state index contributed by atoms with van der Waals surface area (Å²) in [5.74, 6) is 0. The third-order valence-corrected chi connectivity index (χ3v) is 6.30. The molecule has 3 N–H and O–H groups in total. The molecule has 2 aliphatic rings. The van der Waals surface area contributed by atoms with Gasteiger partial charge in [0.15, 0.2) is 0 Å². The van der Waals surface area contributed by atoms with E-state index in [0.29, 0.717) is 5.70 Å². The fraction of sp³-hybridized carbons (Fsp3) is 0.226. The first kappa shape index (κ1) is 24.2. The van der Waals surface area contributed by atoms with Crippen molar-refractivity contribution in [3.63, 3.8) is 0 Å². The maximum Gasteiger partial charge on any atom is 0.0869 e. The molecule has 0 amide bonds. The zero-order valence-corrected chi connectivity index (χ0v) is 20.7. The number of nitrogens with one attached hydrogen (secondary N) is 1. The van der Waals surface area contributed by atoms with Crippen LogP contribution < -0.4 is 21.5 Å². The predicted molar refractivity (Wildman–Crippen MR) is 150 cm³/mol. The van der Waals surface area contributed by atoms with Gasteiger partial charge in [-0.05, 0) is 90.6 Å². The molecule has 0 atom stereocenters. The maximum atomic E-state index is 6.84. The molecule has 178 valence electrons. The van der Waals surface area contributed by atoms with Crippen LogP contribution in [0.2, 0.25) is 0 Å². The summed E-state index contributed by atoms with van der Waals surface area (Å²) in [5, 5.41) is 5.22. The number of hydrogen-bond donors (Lipinski definition) is 2. The number of allylic oxidation sites excluding steroid dienone is 7. The Morgan fingerprint density at radius 2 is 2.00 bits per heavy atom. The van der Waals surface area contributed by atoms with Gasteiger partial charge in [-0.1, -0.05) is 49.4 Å². The number of nitrogens with zero attached hydrogens (tertiary/aromatic N) is 2. The van der Waals surface area contributed by atoms with Gasteiger partial charge in [-0.15, -0.1) is 0 Å². The summed E-state index contributed by atoms with van der Waals surface area (Å²) in [6, 6.07) is 12.3. The summed E-state index contributed by atoms with van der Waals surface area (Å²) in [6.45, 7) is 9.18. The Balaban J connectivity index is 1.88. The van der Waals surface area contributed by atoms with Gasteiger partial charge in [0.25, 0.3) is 0 Å². The molecule has 0 unspecified atom stereocenters. The second-order valence-corrected chi connectivity index (χ2v) is 8.88. The molecular formula is C31H34N4. The first-order valence-electron chi connectivity index (χ1n) is 12.3. The Bertz CT molecular complexity index is 1380. The summed E-state index contributed by atoms with van der Waals surface area (Å²) in [5.41, 5.74) is 14.6. The predicted octanol–water partition coefficient (Wildman–Crippen LogP) is 4.93. The monoisotopic (exact) mass is 462 g/mol. The van der Waals surface area contributed by atoms with Crippen molar-refractivity contribution in [3.8, 4) is 0 Å². The van der Waals surface area contributed by atoms with Gasteiger partial charge in [0.1, 0.15) is 0 Å². The Hall–Kier alpha value is -3.92. The maximum absolute atomic E-state index is 6.84. The van der Waals surface area contributed by atoms with Crippen LogP contribution in [0, 0.1) is 6.92 Å². The van der Waals surface area contributed by atoms with Gasteiger partial charge in [-0.2, -0.15) is 0 Å². The second kappa shape index (κ2) is 11.5. The Morgan fingerprint density at radius 1 is 1.11 bits per heavy atom. The first-order chi connectivity index (χ1) is 17.1. The third kappa shape index (κ3) is 5.96. The van der Waals surface area contributed by atoms with Crippen LogP contribution in [0.1, 0.15) is 49.6 Å². The number of aromatic nitrogens is 1. The van der Waals surface area contributed by atoms with Crippen LogP contribution in [0.3, 0.4) is 0 Å². The average Bonchev–Trinajstić information content (AvgIpc) is 3.30. The number of pyridine rings is 1. The van der Waals surface area contributed by atoms with Crippen molar-refractivity contribution in [2.75, 3.05) is 6.54 Å². The fourth-order valence-electron chi connectivity index (χ4n) is 4.40. The highest BCUT2D eigenvalue weighted by Crippen LogP contribution is 2.27. The summed E-state index contributed by atoms with van der Waals surface area (Å²) in [7, 11) is 0. The SMILES string of the molecule is C=c1ccc(C(C2=NCCCCC2)=C(N)c2cccc(C)n2)c/c1=C/C(=C\C)C1=CNC=CC=C1. The minimum Gasteiger partial charge on any atom is -0.396 e. The Labute approximate surface area is 208 Å². The third-order valence-electron chi connectivity index (χ3n) is 6.30. The van der Waals surface area contributed by atoms with Gasteiger partial charge < -0.3 is 11.1 Å². The molecule has 1 aromatic heterocycles. The van der Waals surface area contributed by atoms with Crippen molar-refractivity contribution in [1.29, 1.82) is 0 Å². The quantitative estimate of drug-likeness (QED) is 0.663. The van der Waals surface area contributed by atoms with Crippen molar-refractivity contribution in [3.05, 3.63) is 112 Å². The fourth-order valence-corrected chi connectivity index (χ4v) is 4.40. The van der Waals surface area contributed by atoms with E-state index in [9.17, 15) is 0 Å². The number of aliphatic imine (C=N–C) groups is 1. The lowest BCUT2D eigenvalue weighted by Crippen LogP contribution is -2.24. The minimum absolute atomic E-state index is 0.674. The first-order valence-corrected chi connectivity index (χ1v) is 12.3. The van der Waals surface area contributed by atoms with Gasteiger partial charge in [0, 0.05) is 35.9 Å². The van der Waals surface area contributed by atoms with Crippen LogP contribution in [0.5, 0.6) is 0 Å². The van der Waals surface area contributed by atoms with Crippen molar-refractivity contribution in [2.45, 2.75) is 39.5 Å². The van der Waals surface area contributed by atoms with Gasteiger partial charge in [-0.3, -0.25) is 9.98 Å². The van der Waals surface area contributed by atoms with E-state index in [2.05, 4.69) is 55.2 Å². The molecule has 2 aliphatic heterocycles. The van der Waals surface area contributed by atoms with Gasteiger partial charge >= 0.3 is 0 Å². The molecule has 0 fully saturated rings. The molecule has 3 heterocycles. The van der Waals surface area contributed by atoms with Crippen LogP contribution in [-0.4, -0.2) is 17.2 Å². The zero-order valence-electron chi connectivity index (χ0n) is 20.7. The molecule has 0 saturated heterocycles. The van der Waals surface area contributed by atoms with E-state index in [1.165, 1.54) is 6.42 Å². The molecule has 4 nitrogen and oxygen atoms in total. The molecule has 0 aliphatic carbocycles. The number of aryl methyl sites for hydroxylation is 1. The van der Waals surface area contributed by atoms with Gasteiger partial charge in [0.2, 0.25) is 0 Å². The standard InChI is InChI=1S/C31H34N4/c1-4-24(26-12-7-9-17-33-21-26)19-27-20-25(16-15-22(27)2)30(28-13-6-5-8-18-34-28)31(32)29-14-10-11-23(3)35-29/h4,7,9-12,14-17,19-21,33H,2,5-6,8,13,18,32H2,1,3H3/b24-4+,27-19-,31-30?. The minimum atomic E-state index is 0.674. The highest BCUT2D eigenvalue weighted by atomic mass is 14.8. The molecule has 0 spiro atoms. The normalized spacial score (nSPS) is 17.7. The largest absolute Gasteiger partial charge is 0.396 e. The van der Waals surface area contributed by atoms with Crippen LogP contribution >= 0.6 is 0 Å². The summed E-state index contributed by atoms with van der Waals surface area (Å²) in [6.07, 6.45) is 18.7. The lowest BCUT2D eigenvalue weighted by Gasteiger charge is -2.15. The molecule has 4 heteroatoms. The molecule has 0 radical (unpaired) electrons. The van der Waals surface area contributed by atoms with Crippen LogP contribution in [0.4, 0.5) is 0 Å². The van der Waals surface area contributed by atoms with Crippen LogP contribution in [0.15, 0.2) is 89.2 Å². The molecular weight excluding hydrogens is 428 g/mol. The molecule has 4 rings (SSSR count). The summed E-state index contributed by atoms with van der Waals surface area (Å²) < 4.78 is 0. The van der Waals surface area contributed by atoms with Gasteiger partial charge in [0.05, 0.1) is 11.4 Å². The number of hydrogen-bond acceptors (Lipinski definition) is 4. The highest BCUT2D eigenvalue weighted by Gasteiger charge is 2.18. The van der Waals surface area contributed by atoms with E-state index in [4.69, 9.17) is 15.7 Å². The second-order valence-electron chi connectivity index (χ2n) is 8.88. The smallest absolute Gasteiger partial charge is 0.0869 e. The van der Waals surface area contributed by atoms with Crippen molar-refractivity contribution in [2.24, 2.45) is 10.7 Å². The number of benzene rings is 1. The van der Waals surface area contributed by atoms with E-state index in [1.54, 1.807) is 0 Å². The molecule has 2 aromatic rings. The van der Waals surface area contributed by atoms with Gasteiger partial charge in [-0.25, -0.2) is 0 Å². The molecule has 35 heavy (non-hydrogen) atoms. The van der Waals surface area contributed by atoms with Crippen LogP contribution in [-0.2, 0) is 0 Å². The van der Waals surface area contributed by atoms with E-state index >= 15 is 0 Å². The van der Waals surface area contributed by atoms with E-state index in [0.717, 1.165) is 75.6 Å². The van der Waals surface area contributed by atoms with Crippen LogP contribution in [0.25, 0.3) is 23.9 Å². The highest BCUT2D eigenvalue weighted by molar-refractivity contribution is 6.30. The summed E-state index contributed by atoms with van der Waals surface area (Å²) in [4.78, 5) is 9.68. The number of rotatable bonds is 5. The summed E-state index contributed by atoms with van der Waals surface area (Å²) >= 11 is 0. The number of nitrogens with two attached hydrogens (primary N) is 1. The van der Waals surface area contributed by atoms with E-state index in [-0.39, 0.29) is 0 Å².